The zero-order chi connectivity index (χ0) is 27.0. The Labute approximate surface area is 219 Å². The first-order valence-electron chi connectivity index (χ1n) is 13.1. The molecule has 0 spiro atoms. The van der Waals surface area contributed by atoms with Gasteiger partial charge in [0.1, 0.15) is 6.29 Å². The van der Waals surface area contributed by atoms with Crippen molar-refractivity contribution < 1.29 is 38.5 Å². The lowest BCUT2D eigenvalue weighted by Gasteiger charge is -2.08. The number of carbonyl (C=O) groups is 4. The van der Waals surface area contributed by atoms with Gasteiger partial charge in [-0.1, -0.05) is 31.4 Å². The molecule has 10 nitrogen and oxygen atoms in total. The third-order valence-corrected chi connectivity index (χ3v) is 5.39. The first-order valence-corrected chi connectivity index (χ1v) is 13.1. The topological polar surface area (TPSA) is 140 Å². The normalized spacial score (nSPS) is 10.7. The van der Waals surface area contributed by atoms with Gasteiger partial charge in [0.2, 0.25) is 5.91 Å². The predicted molar refractivity (Wildman–Crippen MR) is 139 cm³/mol. The number of amides is 2. The quantitative estimate of drug-likeness (QED) is 0.139. The van der Waals surface area contributed by atoms with E-state index in [0.717, 1.165) is 38.4 Å². The fourth-order valence-electron chi connectivity index (χ4n) is 3.32. The van der Waals surface area contributed by atoms with Crippen LogP contribution in [0.5, 0.6) is 0 Å². The fourth-order valence-corrected chi connectivity index (χ4v) is 3.32. The van der Waals surface area contributed by atoms with E-state index in [1.165, 1.54) is 0 Å². The lowest BCUT2D eigenvalue weighted by molar-refractivity contribution is -0.137. The Morgan fingerprint density at radius 1 is 0.676 bits per heavy atom. The van der Waals surface area contributed by atoms with E-state index in [0.29, 0.717) is 83.1 Å². The van der Waals surface area contributed by atoms with Crippen LogP contribution in [0, 0.1) is 0 Å². The Morgan fingerprint density at radius 3 is 1.76 bits per heavy atom. The minimum atomic E-state index is -0.754. The second kappa shape index (κ2) is 22.4. The van der Waals surface area contributed by atoms with Gasteiger partial charge in [0.25, 0.3) is 5.91 Å². The van der Waals surface area contributed by atoms with Crippen LogP contribution in [0.1, 0.15) is 78.5 Å². The molecular weight excluding hydrogens is 480 g/mol. The lowest BCUT2D eigenvalue weighted by atomic mass is 10.1. The molecule has 0 aliphatic carbocycles. The second-order valence-electron chi connectivity index (χ2n) is 8.55. The summed E-state index contributed by atoms with van der Waals surface area (Å²) in [5, 5.41) is 14.3. The Morgan fingerprint density at radius 2 is 1.19 bits per heavy atom. The number of carbonyl (C=O) groups excluding carboxylic acids is 3. The zero-order valence-corrected chi connectivity index (χ0v) is 21.7. The predicted octanol–water partition coefficient (Wildman–Crippen LogP) is 2.99. The van der Waals surface area contributed by atoms with Crippen LogP contribution in [0.2, 0.25) is 0 Å². The van der Waals surface area contributed by atoms with Crippen molar-refractivity contribution in [1.82, 2.24) is 10.6 Å². The van der Waals surface area contributed by atoms with Crippen LogP contribution >= 0.6 is 0 Å². The summed E-state index contributed by atoms with van der Waals surface area (Å²) < 4.78 is 16.4. The van der Waals surface area contributed by atoms with Gasteiger partial charge < -0.3 is 30.0 Å². The van der Waals surface area contributed by atoms with Crippen LogP contribution in [-0.4, -0.2) is 81.9 Å². The summed E-state index contributed by atoms with van der Waals surface area (Å²) in [6.07, 6.45) is 7.21. The van der Waals surface area contributed by atoms with Crippen molar-refractivity contribution in [2.75, 3.05) is 52.7 Å². The van der Waals surface area contributed by atoms with Gasteiger partial charge in [-0.15, -0.1) is 0 Å². The molecule has 0 aliphatic heterocycles. The summed E-state index contributed by atoms with van der Waals surface area (Å²) in [6.45, 7) is 4.04. The number of aliphatic carboxylic acids is 1. The van der Waals surface area contributed by atoms with Crippen LogP contribution in [0.25, 0.3) is 0 Å². The molecule has 0 saturated heterocycles. The smallest absolute Gasteiger partial charge is 0.303 e. The van der Waals surface area contributed by atoms with Gasteiger partial charge in [0.15, 0.2) is 0 Å². The molecule has 0 fully saturated rings. The average Bonchev–Trinajstić information content (AvgIpc) is 2.90. The molecule has 37 heavy (non-hydrogen) atoms. The summed E-state index contributed by atoms with van der Waals surface area (Å²) in [5.41, 5.74) is 1.05. The summed E-state index contributed by atoms with van der Waals surface area (Å²) in [4.78, 5) is 44.8. The van der Waals surface area contributed by atoms with Gasteiger partial charge in [-0.3, -0.25) is 19.2 Å². The Balaban J connectivity index is 1.79. The van der Waals surface area contributed by atoms with Crippen LogP contribution in [0.15, 0.2) is 24.3 Å². The van der Waals surface area contributed by atoms with Crippen molar-refractivity contribution in [3.05, 3.63) is 35.4 Å². The first-order chi connectivity index (χ1) is 18.0. The summed E-state index contributed by atoms with van der Waals surface area (Å²) >= 11 is 0. The Kier molecular flexibility index (Phi) is 19.5. The largest absolute Gasteiger partial charge is 0.481 e. The number of rotatable bonds is 24. The zero-order valence-electron chi connectivity index (χ0n) is 21.7. The number of ether oxygens (including phenoxy) is 3. The highest BCUT2D eigenvalue weighted by Crippen LogP contribution is 2.07. The van der Waals surface area contributed by atoms with E-state index in [9.17, 15) is 19.2 Å². The van der Waals surface area contributed by atoms with Gasteiger partial charge in [0, 0.05) is 50.3 Å². The van der Waals surface area contributed by atoms with E-state index in [-0.39, 0.29) is 18.2 Å². The maximum Gasteiger partial charge on any atom is 0.303 e. The molecule has 208 valence electrons. The van der Waals surface area contributed by atoms with Gasteiger partial charge in [-0.25, -0.2) is 0 Å². The number of benzene rings is 1. The summed E-state index contributed by atoms with van der Waals surface area (Å²) in [5.74, 6) is -0.890. The number of carboxylic acids is 1. The van der Waals surface area contributed by atoms with Gasteiger partial charge >= 0.3 is 5.97 Å². The minimum absolute atomic E-state index is 0.0432. The molecule has 0 radical (unpaired) electrons. The molecule has 0 atom stereocenters. The average molecular weight is 523 g/mol. The first kappa shape index (κ1) is 32.2. The van der Waals surface area contributed by atoms with E-state index < -0.39 is 5.97 Å². The third-order valence-electron chi connectivity index (χ3n) is 5.39. The highest BCUT2D eigenvalue weighted by Gasteiger charge is 2.04. The van der Waals surface area contributed by atoms with Gasteiger partial charge in [-0.05, 0) is 37.8 Å². The van der Waals surface area contributed by atoms with E-state index >= 15 is 0 Å². The number of unbranched alkanes of at least 4 members (excludes halogenated alkanes) is 4. The molecule has 1 aromatic rings. The van der Waals surface area contributed by atoms with Crippen LogP contribution in [0.3, 0.4) is 0 Å². The monoisotopic (exact) mass is 522 g/mol. The molecule has 0 aliphatic rings. The highest BCUT2D eigenvalue weighted by atomic mass is 16.5. The third kappa shape index (κ3) is 19.0. The van der Waals surface area contributed by atoms with Crippen molar-refractivity contribution >= 4 is 24.1 Å². The van der Waals surface area contributed by atoms with E-state index in [1.54, 1.807) is 24.3 Å². The Bertz CT molecular complexity index is 770. The lowest BCUT2D eigenvalue weighted by Crippen LogP contribution is -2.25. The van der Waals surface area contributed by atoms with Crippen LogP contribution < -0.4 is 10.6 Å². The van der Waals surface area contributed by atoms with Crippen molar-refractivity contribution in [2.24, 2.45) is 0 Å². The molecule has 0 aromatic heterocycles. The van der Waals surface area contributed by atoms with E-state index in [4.69, 9.17) is 19.3 Å². The standard InChI is InChI=1S/C27H42N2O8/c30-22-23-10-12-24(13-11-23)27(34)29-15-7-17-36-19-21-37-20-18-35-16-6-14-28-25(31)8-4-2-1-3-5-9-26(32)33/h10-13,22H,1-9,14-21H2,(H,28,31)(H,29,34)(H,32,33). The molecule has 1 aromatic carbocycles. The van der Waals surface area contributed by atoms with E-state index in [2.05, 4.69) is 10.6 Å². The van der Waals surface area contributed by atoms with Gasteiger partial charge in [-0.2, -0.15) is 0 Å². The molecule has 1 rings (SSSR count). The van der Waals surface area contributed by atoms with Crippen LogP contribution in [-0.2, 0) is 23.8 Å². The molecule has 3 N–H and O–H groups in total. The number of carboxylic acid groups (broad SMARTS) is 1. The van der Waals surface area contributed by atoms with Crippen molar-refractivity contribution in [3.8, 4) is 0 Å². The molecular formula is C27H42N2O8. The molecule has 10 heteroatoms. The fraction of sp³-hybridized carbons (Fsp3) is 0.630. The van der Waals surface area contributed by atoms with Crippen molar-refractivity contribution in [2.45, 2.75) is 57.8 Å². The maximum absolute atomic E-state index is 12.0. The maximum atomic E-state index is 12.0. The Hall–Kier alpha value is -2.82. The van der Waals surface area contributed by atoms with Gasteiger partial charge in [0.05, 0.1) is 26.4 Å². The van der Waals surface area contributed by atoms with Crippen molar-refractivity contribution in [3.63, 3.8) is 0 Å². The molecule has 0 saturated carbocycles. The van der Waals surface area contributed by atoms with Crippen molar-refractivity contribution in [1.29, 1.82) is 0 Å². The number of hydrogen-bond donors (Lipinski definition) is 3. The summed E-state index contributed by atoms with van der Waals surface area (Å²) in [6, 6.07) is 6.46. The number of nitrogens with one attached hydrogen (secondary N) is 2. The molecule has 0 unspecified atom stereocenters. The summed E-state index contributed by atoms with van der Waals surface area (Å²) in [7, 11) is 0. The molecule has 0 heterocycles. The minimum Gasteiger partial charge on any atom is -0.481 e. The van der Waals surface area contributed by atoms with E-state index in [1.807, 2.05) is 0 Å². The molecule has 0 bridgehead atoms. The number of aldehydes is 1. The highest BCUT2D eigenvalue weighted by molar-refractivity contribution is 5.94. The second-order valence-corrected chi connectivity index (χ2v) is 8.55. The number of hydrogen-bond acceptors (Lipinski definition) is 7. The van der Waals surface area contributed by atoms with Crippen LogP contribution in [0.4, 0.5) is 0 Å². The molecule has 2 amide bonds. The SMILES string of the molecule is O=Cc1ccc(C(=O)NCCCOCCOCCOCCCNC(=O)CCCCCCCC(=O)O)cc1.